The van der Waals surface area contributed by atoms with Gasteiger partial charge < -0.3 is 19.7 Å². The second kappa shape index (κ2) is 9.41. The van der Waals surface area contributed by atoms with Crippen molar-refractivity contribution in [1.82, 2.24) is 24.7 Å². The number of hydrogen-bond donors (Lipinski definition) is 2. The molecular weight excluding hydrogens is 453 g/mol. The van der Waals surface area contributed by atoms with Crippen molar-refractivity contribution >= 4 is 41.6 Å². The number of carbonyl (C=O) groups excluding carboxylic acids is 1. The van der Waals surface area contributed by atoms with Crippen molar-refractivity contribution in [2.75, 3.05) is 18.9 Å². The summed E-state index contributed by atoms with van der Waals surface area (Å²) in [7, 11) is 2.89. The number of ether oxygens (including phenoxy) is 1. The van der Waals surface area contributed by atoms with Gasteiger partial charge in [0.2, 0.25) is 5.88 Å². The van der Waals surface area contributed by atoms with E-state index in [1.807, 2.05) is 0 Å². The average molecular weight is 470 g/mol. The van der Waals surface area contributed by atoms with Gasteiger partial charge in [0.15, 0.2) is 11.5 Å². The first-order valence-electron chi connectivity index (χ1n) is 9.81. The lowest BCUT2D eigenvalue weighted by atomic mass is 9.83. The molecule has 33 heavy (non-hydrogen) atoms. The summed E-state index contributed by atoms with van der Waals surface area (Å²) < 4.78 is 36.6. The molecule has 2 N–H and O–H groups in total. The van der Waals surface area contributed by atoms with Crippen LogP contribution in [-0.4, -0.2) is 46.3 Å². The molecule has 0 saturated carbocycles. The van der Waals surface area contributed by atoms with Gasteiger partial charge in [-0.2, -0.15) is 0 Å². The Bertz CT molecular complexity index is 1350. The van der Waals surface area contributed by atoms with Crippen LogP contribution >= 0.6 is 11.6 Å². The van der Waals surface area contributed by atoms with Crippen molar-refractivity contribution in [3.8, 4) is 17.1 Å². The summed E-state index contributed by atoms with van der Waals surface area (Å²) in [6, 6.07) is 3.98. The predicted octanol–water partition coefficient (Wildman–Crippen LogP) is 2.84. The lowest BCUT2D eigenvalue weighted by molar-refractivity contribution is 0.0953. The number of nitrogens with one attached hydrogen (secondary N) is 2. The molecule has 3 heterocycles. The Morgan fingerprint density at radius 2 is 2.06 bits per heavy atom. The molecule has 1 radical (unpaired) electrons. The number of methoxy groups -OCH3 is 1. The fraction of sp³-hybridized carbons (Fsp3) is 0.143. The Hall–Kier alpha value is -3.73. The number of rotatable bonds is 7. The highest BCUT2D eigenvalue weighted by Gasteiger charge is 2.20. The quantitative estimate of drug-likeness (QED) is 0.404. The first-order chi connectivity index (χ1) is 15.9. The zero-order valence-electron chi connectivity index (χ0n) is 17.6. The van der Waals surface area contributed by atoms with Crippen LogP contribution in [0, 0.1) is 11.6 Å². The maximum absolute atomic E-state index is 15.3. The largest absolute Gasteiger partial charge is 0.481 e. The molecule has 0 aliphatic heterocycles. The Labute approximate surface area is 193 Å². The van der Waals surface area contributed by atoms with Crippen LogP contribution in [0.5, 0.6) is 5.88 Å². The highest BCUT2D eigenvalue weighted by atomic mass is 35.5. The number of hydrogen-bond acceptors (Lipinski definition) is 6. The number of fused-ring (bicyclic) bond motifs is 1. The highest BCUT2D eigenvalue weighted by Crippen LogP contribution is 2.29. The number of benzene rings is 1. The number of anilines is 1. The smallest absolute Gasteiger partial charge is 0.288 e. The fourth-order valence-corrected chi connectivity index (χ4v) is 3.38. The highest BCUT2D eigenvalue weighted by molar-refractivity contribution is 6.58. The number of nitrogens with zero attached hydrogens (tertiary/aromatic N) is 4. The van der Waals surface area contributed by atoms with Gasteiger partial charge in [-0.3, -0.25) is 9.78 Å². The van der Waals surface area contributed by atoms with E-state index < -0.39 is 11.6 Å². The molecule has 0 saturated heterocycles. The number of amides is 1. The average Bonchev–Trinajstić information content (AvgIpc) is 3.22. The van der Waals surface area contributed by atoms with E-state index in [0.717, 1.165) is 6.07 Å². The van der Waals surface area contributed by atoms with Crippen LogP contribution in [0.2, 0.25) is 5.02 Å². The van der Waals surface area contributed by atoms with Crippen LogP contribution in [0.3, 0.4) is 0 Å². The molecule has 0 atom stereocenters. The number of halogens is 3. The Morgan fingerprint density at radius 1 is 1.24 bits per heavy atom. The molecule has 0 bridgehead atoms. The summed E-state index contributed by atoms with van der Waals surface area (Å²) in [4.78, 5) is 24.4. The van der Waals surface area contributed by atoms with E-state index in [4.69, 9.17) is 16.3 Å². The summed E-state index contributed by atoms with van der Waals surface area (Å²) >= 11 is 5.97. The molecule has 3 aromatic heterocycles. The van der Waals surface area contributed by atoms with E-state index in [-0.39, 0.29) is 34.4 Å². The minimum atomic E-state index is -0.851. The van der Waals surface area contributed by atoms with Crippen molar-refractivity contribution in [3.63, 3.8) is 0 Å². The molecule has 0 fully saturated rings. The Kier molecular flexibility index (Phi) is 6.41. The van der Waals surface area contributed by atoms with Gasteiger partial charge in [0, 0.05) is 24.4 Å². The summed E-state index contributed by atoms with van der Waals surface area (Å²) in [5.74, 6) is -1.73. The van der Waals surface area contributed by atoms with E-state index in [9.17, 15) is 9.18 Å². The third-order valence-electron chi connectivity index (χ3n) is 4.74. The van der Waals surface area contributed by atoms with Crippen molar-refractivity contribution in [3.05, 3.63) is 65.5 Å². The van der Waals surface area contributed by atoms with Gasteiger partial charge in [-0.1, -0.05) is 11.6 Å². The Morgan fingerprint density at radius 3 is 2.82 bits per heavy atom. The molecule has 12 heteroatoms. The third kappa shape index (κ3) is 4.44. The first kappa shape index (κ1) is 22.5. The maximum atomic E-state index is 15.3. The zero-order valence-corrected chi connectivity index (χ0v) is 18.3. The lowest BCUT2D eigenvalue weighted by Crippen LogP contribution is -2.25. The van der Waals surface area contributed by atoms with Crippen LogP contribution in [0.25, 0.3) is 16.8 Å². The number of imidazole rings is 1. The SMILES string of the molecule is CCNC(=O)c1ncn2cc(-c3c(F)ccc(N[B]c4cc(Cl)cnc4OC)c3F)ncc12. The van der Waals surface area contributed by atoms with Gasteiger partial charge in [0.05, 0.1) is 40.8 Å². The zero-order chi connectivity index (χ0) is 23.5. The molecule has 0 spiro atoms. The fourth-order valence-electron chi connectivity index (χ4n) is 3.22. The molecule has 0 unspecified atom stereocenters. The topological polar surface area (TPSA) is 93.4 Å². The summed E-state index contributed by atoms with van der Waals surface area (Å²) in [6.07, 6.45) is 5.56. The minimum absolute atomic E-state index is 0.00368. The van der Waals surface area contributed by atoms with Crippen molar-refractivity contribution < 1.29 is 18.3 Å². The second-order valence-electron chi connectivity index (χ2n) is 6.84. The van der Waals surface area contributed by atoms with Crippen LogP contribution in [0.4, 0.5) is 14.5 Å². The van der Waals surface area contributed by atoms with Crippen LogP contribution in [0.15, 0.2) is 43.1 Å². The van der Waals surface area contributed by atoms with Gasteiger partial charge in [-0.25, -0.2) is 18.7 Å². The molecule has 0 aliphatic rings. The van der Waals surface area contributed by atoms with Crippen LogP contribution in [0.1, 0.15) is 17.4 Å². The molecule has 167 valence electrons. The number of aromatic nitrogens is 4. The monoisotopic (exact) mass is 469 g/mol. The van der Waals surface area contributed by atoms with E-state index >= 15 is 4.39 Å². The third-order valence-corrected chi connectivity index (χ3v) is 4.95. The molecule has 8 nitrogen and oxygen atoms in total. The van der Waals surface area contributed by atoms with Gasteiger partial charge in [0.1, 0.15) is 12.1 Å². The number of carbonyl (C=O) groups is 1. The van der Waals surface area contributed by atoms with Crippen LogP contribution in [-0.2, 0) is 0 Å². The number of pyridine rings is 1. The molecule has 4 aromatic rings. The second-order valence-corrected chi connectivity index (χ2v) is 7.28. The minimum Gasteiger partial charge on any atom is -0.481 e. The van der Waals surface area contributed by atoms with Gasteiger partial charge in [-0.15, -0.1) is 0 Å². The van der Waals surface area contributed by atoms with Gasteiger partial charge in [-0.05, 0) is 25.1 Å². The summed E-state index contributed by atoms with van der Waals surface area (Å²) in [5.41, 5.74) is 0.762. The summed E-state index contributed by atoms with van der Waals surface area (Å²) in [6.45, 7) is 2.23. The lowest BCUT2D eigenvalue weighted by Gasteiger charge is -2.12. The maximum Gasteiger partial charge on any atom is 0.288 e. The van der Waals surface area contributed by atoms with E-state index in [0.29, 0.717) is 22.5 Å². The van der Waals surface area contributed by atoms with E-state index in [2.05, 4.69) is 25.5 Å². The van der Waals surface area contributed by atoms with Crippen LogP contribution < -0.4 is 20.7 Å². The summed E-state index contributed by atoms with van der Waals surface area (Å²) in [5, 5.41) is 5.82. The normalized spacial score (nSPS) is 10.8. The molecular formula is C21H17BClF2N6O2. The van der Waals surface area contributed by atoms with Crippen molar-refractivity contribution in [2.24, 2.45) is 0 Å². The molecule has 1 aromatic carbocycles. The van der Waals surface area contributed by atoms with Gasteiger partial charge >= 0.3 is 0 Å². The first-order valence-corrected chi connectivity index (χ1v) is 10.2. The standard InChI is InChI=1S/C21H17BClF2N6O2/c1-3-26-20(32)19-16-8-27-15(9-31(16)10-29-19)17-13(24)4-5-14(18(17)25)30-22-12-6-11(23)7-28-21(12)33-2/h4-10,30H,3H2,1-2H3,(H,26,32). The Balaban J connectivity index is 1.66. The van der Waals surface area contributed by atoms with E-state index in [1.54, 1.807) is 13.0 Å². The van der Waals surface area contributed by atoms with Crippen molar-refractivity contribution in [1.29, 1.82) is 0 Å². The predicted molar refractivity (Wildman–Crippen MR) is 121 cm³/mol. The van der Waals surface area contributed by atoms with Gasteiger partial charge in [0.25, 0.3) is 13.3 Å². The molecule has 0 aliphatic carbocycles. The van der Waals surface area contributed by atoms with Crippen molar-refractivity contribution in [2.45, 2.75) is 6.92 Å². The molecule has 1 amide bonds. The molecule has 4 rings (SSSR count). The van der Waals surface area contributed by atoms with E-state index in [1.165, 1.54) is 49.9 Å².